The molecule has 0 spiro atoms. The normalized spacial score (nSPS) is 11.6. The summed E-state index contributed by atoms with van der Waals surface area (Å²) >= 11 is 1.24. The van der Waals surface area contributed by atoms with Crippen molar-refractivity contribution in [1.29, 1.82) is 0 Å². The Bertz CT molecular complexity index is 1020. The quantitative estimate of drug-likeness (QED) is 0.701. The van der Waals surface area contributed by atoms with Crippen molar-refractivity contribution in [3.63, 3.8) is 0 Å². The standard InChI is InChI=1S/C17H19N5O4S/c1-5-9-6-11(14(23)24)18-13-7-10(21-22(9)13)12-8-27-15(19-12)20-16(25)26-17(2,3)4/h6-8H,5H2,1-4H3,(H,23,24)(H,19,20,25). The number of carboxylic acids is 1. The maximum absolute atomic E-state index is 11.8. The fraction of sp³-hybridized carbons (Fsp3) is 0.353. The van der Waals surface area contributed by atoms with Crippen LogP contribution in [0.2, 0.25) is 0 Å². The third kappa shape index (κ3) is 4.22. The van der Waals surface area contributed by atoms with Gasteiger partial charge in [-0.1, -0.05) is 6.92 Å². The van der Waals surface area contributed by atoms with Crippen molar-refractivity contribution in [2.75, 3.05) is 5.32 Å². The van der Waals surface area contributed by atoms with Crippen molar-refractivity contribution in [1.82, 2.24) is 19.6 Å². The molecule has 0 saturated heterocycles. The van der Waals surface area contributed by atoms with E-state index in [0.717, 1.165) is 5.69 Å². The molecule has 0 bridgehead atoms. The lowest BCUT2D eigenvalue weighted by Gasteiger charge is -2.18. The smallest absolute Gasteiger partial charge is 0.413 e. The molecule has 0 radical (unpaired) electrons. The van der Waals surface area contributed by atoms with Crippen LogP contribution in [-0.4, -0.2) is 42.4 Å². The second kappa shape index (κ2) is 6.95. The summed E-state index contributed by atoms with van der Waals surface area (Å²) in [5, 5.41) is 18.4. The van der Waals surface area contributed by atoms with Crippen molar-refractivity contribution >= 4 is 34.2 Å². The fourth-order valence-electron chi connectivity index (χ4n) is 2.36. The molecule has 142 valence electrons. The topological polar surface area (TPSA) is 119 Å². The summed E-state index contributed by atoms with van der Waals surface area (Å²) in [6.45, 7) is 7.24. The highest BCUT2D eigenvalue weighted by Gasteiger charge is 2.19. The lowest BCUT2D eigenvalue weighted by atomic mass is 10.2. The molecule has 3 aromatic heterocycles. The average molecular weight is 389 g/mol. The summed E-state index contributed by atoms with van der Waals surface area (Å²) < 4.78 is 6.80. The van der Waals surface area contributed by atoms with E-state index < -0.39 is 17.7 Å². The molecule has 0 aliphatic carbocycles. The van der Waals surface area contributed by atoms with Gasteiger partial charge >= 0.3 is 12.1 Å². The molecule has 1 amide bonds. The first-order valence-corrected chi connectivity index (χ1v) is 9.13. The van der Waals surface area contributed by atoms with Gasteiger partial charge in [-0.3, -0.25) is 5.32 Å². The number of carbonyl (C=O) groups is 2. The van der Waals surface area contributed by atoms with Gasteiger partial charge < -0.3 is 9.84 Å². The molecule has 0 aromatic carbocycles. The summed E-state index contributed by atoms with van der Waals surface area (Å²) in [5.41, 5.74) is 1.61. The zero-order valence-corrected chi connectivity index (χ0v) is 16.1. The van der Waals surface area contributed by atoms with Crippen LogP contribution in [0, 0.1) is 0 Å². The van der Waals surface area contributed by atoms with Crippen molar-refractivity contribution in [2.45, 2.75) is 39.7 Å². The van der Waals surface area contributed by atoms with E-state index >= 15 is 0 Å². The monoisotopic (exact) mass is 389 g/mol. The predicted octanol–water partition coefficient (Wildman–Crippen LogP) is 3.46. The Hall–Kier alpha value is -3.01. The minimum Gasteiger partial charge on any atom is -0.477 e. The number of fused-ring (bicyclic) bond motifs is 1. The SMILES string of the molecule is CCc1cc(C(=O)O)nc2cc(-c3csc(NC(=O)OC(C)(C)C)n3)nn12. The fourth-order valence-corrected chi connectivity index (χ4v) is 3.05. The second-order valence-corrected chi connectivity index (χ2v) is 7.61. The first kappa shape index (κ1) is 18.8. The van der Waals surface area contributed by atoms with Crippen molar-refractivity contribution < 1.29 is 19.4 Å². The van der Waals surface area contributed by atoms with Gasteiger partial charge in [0.25, 0.3) is 0 Å². The number of aryl methyl sites for hydroxylation is 1. The molecule has 0 saturated carbocycles. The number of thiazole rings is 1. The van der Waals surface area contributed by atoms with E-state index in [2.05, 4.69) is 20.4 Å². The Balaban J connectivity index is 1.89. The Morgan fingerprint density at radius 2 is 2.00 bits per heavy atom. The highest BCUT2D eigenvalue weighted by Crippen LogP contribution is 2.25. The summed E-state index contributed by atoms with van der Waals surface area (Å²) in [7, 11) is 0. The van der Waals surface area contributed by atoms with Gasteiger partial charge in [-0.05, 0) is 33.3 Å². The third-order valence-electron chi connectivity index (χ3n) is 3.46. The van der Waals surface area contributed by atoms with Crippen LogP contribution in [0.1, 0.15) is 43.9 Å². The number of ether oxygens (including phenoxy) is 1. The van der Waals surface area contributed by atoms with Crippen LogP contribution in [0.15, 0.2) is 17.5 Å². The van der Waals surface area contributed by atoms with Gasteiger partial charge in [0.1, 0.15) is 17.0 Å². The van der Waals surface area contributed by atoms with E-state index in [1.807, 2.05) is 6.92 Å². The summed E-state index contributed by atoms with van der Waals surface area (Å²) in [6.07, 6.45) is 0.0163. The van der Waals surface area contributed by atoms with Crippen LogP contribution in [0.5, 0.6) is 0 Å². The number of anilines is 1. The Morgan fingerprint density at radius 1 is 1.26 bits per heavy atom. The molecule has 0 aliphatic rings. The highest BCUT2D eigenvalue weighted by molar-refractivity contribution is 7.14. The molecular weight excluding hydrogens is 370 g/mol. The summed E-state index contributed by atoms with van der Waals surface area (Å²) in [6, 6.07) is 3.17. The number of aromatic nitrogens is 4. The number of carbonyl (C=O) groups excluding carboxylic acids is 1. The van der Waals surface area contributed by atoms with Gasteiger partial charge in [0.2, 0.25) is 0 Å². The maximum atomic E-state index is 11.8. The minimum atomic E-state index is -1.09. The predicted molar refractivity (Wildman–Crippen MR) is 100 cm³/mol. The van der Waals surface area contributed by atoms with E-state index in [1.165, 1.54) is 17.4 Å². The summed E-state index contributed by atoms with van der Waals surface area (Å²) in [5.74, 6) is -1.09. The third-order valence-corrected chi connectivity index (χ3v) is 4.21. The van der Waals surface area contributed by atoms with Crippen LogP contribution >= 0.6 is 11.3 Å². The number of rotatable bonds is 4. The molecule has 0 unspecified atom stereocenters. The largest absolute Gasteiger partial charge is 0.477 e. The van der Waals surface area contributed by atoms with Gasteiger partial charge in [0.05, 0.1) is 0 Å². The number of amides is 1. The van der Waals surface area contributed by atoms with E-state index in [1.54, 1.807) is 36.7 Å². The number of nitrogens with zero attached hydrogens (tertiary/aromatic N) is 4. The number of aromatic carboxylic acids is 1. The van der Waals surface area contributed by atoms with Crippen molar-refractivity contribution in [3.8, 4) is 11.4 Å². The lowest BCUT2D eigenvalue weighted by Crippen LogP contribution is -2.27. The first-order valence-electron chi connectivity index (χ1n) is 8.25. The Morgan fingerprint density at radius 3 is 2.63 bits per heavy atom. The molecule has 0 aliphatic heterocycles. The second-order valence-electron chi connectivity index (χ2n) is 6.76. The van der Waals surface area contributed by atoms with Crippen LogP contribution in [-0.2, 0) is 11.2 Å². The number of hydrogen-bond acceptors (Lipinski definition) is 7. The maximum Gasteiger partial charge on any atom is 0.413 e. The van der Waals surface area contributed by atoms with Crippen LogP contribution in [0.3, 0.4) is 0 Å². The van der Waals surface area contributed by atoms with Gasteiger partial charge in [0.15, 0.2) is 16.5 Å². The average Bonchev–Trinajstić information content (AvgIpc) is 3.17. The highest BCUT2D eigenvalue weighted by atomic mass is 32.1. The summed E-state index contributed by atoms with van der Waals surface area (Å²) in [4.78, 5) is 31.5. The Labute approximate surface area is 159 Å². The molecule has 3 rings (SSSR count). The van der Waals surface area contributed by atoms with Gasteiger partial charge in [0, 0.05) is 17.1 Å². The van der Waals surface area contributed by atoms with E-state index in [0.29, 0.717) is 28.6 Å². The van der Waals surface area contributed by atoms with Crippen LogP contribution < -0.4 is 5.32 Å². The van der Waals surface area contributed by atoms with Gasteiger partial charge in [-0.2, -0.15) is 5.10 Å². The molecular formula is C17H19N5O4S. The molecule has 3 heterocycles. The van der Waals surface area contributed by atoms with Crippen LogP contribution in [0.4, 0.5) is 9.93 Å². The molecule has 0 atom stereocenters. The van der Waals surface area contributed by atoms with E-state index in [-0.39, 0.29) is 5.69 Å². The minimum absolute atomic E-state index is 0.0311. The molecule has 10 heteroatoms. The van der Waals surface area contributed by atoms with E-state index in [4.69, 9.17) is 4.74 Å². The van der Waals surface area contributed by atoms with Crippen LogP contribution in [0.25, 0.3) is 17.0 Å². The Kier molecular flexibility index (Phi) is 4.83. The molecule has 3 aromatic rings. The van der Waals surface area contributed by atoms with Gasteiger partial charge in [-0.25, -0.2) is 24.1 Å². The van der Waals surface area contributed by atoms with Crippen molar-refractivity contribution in [2.24, 2.45) is 0 Å². The van der Waals surface area contributed by atoms with Gasteiger partial charge in [-0.15, -0.1) is 11.3 Å². The van der Waals surface area contributed by atoms with Crippen molar-refractivity contribution in [3.05, 3.63) is 28.9 Å². The number of hydrogen-bond donors (Lipinski definition) is 2. The molecule has 9 nitrogen and oxygen atoms in total. The molecule has 27 heavy (non-hydrogen) atoms. The zero-order valence-electron chi connectivity index (χ0n) is 15.3. The molecule has 0 fully saturated rings. The van der Waals surface area contributed by atoms with E-state index in [9.17, 15) is 14.7 Å². The molecule has 2 N–H and O–H groups in total. The number of nitrogens with one attached hydrogen (secondary N) is 1. The first-order chi connectivity index (χ1) is 12.7. The zero-order chi connectivity index (χ0) is 19.8. The number of carboxylic acid groups (broad SMARTS) is 1. The lowest BCUT2D eigenvalue weighted by molar-refractivity contribution is 0.0634.